The van der Waals surface area contributed by atoms with Gasteiger partial charge in [0.1, 0.15) is 23.0 Å². The van der Waals surface area contributed by atoms with Crippen molar-refractivity contribution in [2.75, 3.05) is 14.2 Å². The van der Waals surface area contributed by atoms with E-state index in [0.717, 1.165) is 34.1 Å². The normalized spacial score (nSPS) is 11.3. The number of ether oxygens (including phenoxy) is 4. The van der Waals surface area contributed by atoms with Gasteiger partial charge in [0.05, 0.1) is 13.2 Å². The molecule has 4 aromatic carbocycles. The van der Waals surface area contributed by atoms with Crippen LogP contribution in [0.1, 0.15) is 36.1 Å². The van der Waals surface area contributed by atoms with Crippen LogP contribution >= 0.6 is 0 Å². The summed E-state index contributed by atoms with van der Waals surface area (Å²) in [5.74, 6) is 3.23. The molecule has 4 rings (SSSR count). The molecule has 0 saturated heterocycles. The molecule has 35 heavy (non-hydrogen) atoms. The van der Waals surface area contributed by atoms with Crippen molar-refractivity contribution in [2.24, 2.45) is 0 Å². The van der Waals surface area contributed by atoms with Crippen LogP contribution in [0.3, 0.4) is 0 Å². The highest BCUT2D eigenvalue weighted by atomic mass is 16.5. The summed E-state index contributed by atoms with van der Waals surface area (Å²) in [5.41, 5.74) is 4.49. The van der Waals surface area contributed by atoms with Gasteiger partial charge in [-0.25, -0.2) is 0 Å². The molecule has 0 spiro atoms. The Morgan fingerprint density at radius 1 is 0.457 bits per heavy atom. The van der Waals surface area contributed by atoms with Crippen molar-refractivity contribution in [1.82, 2.24) is 0 Å². The molecular formula is C31H32O4. The first kappa shape index (κ1) is 24.5. The van der Waals surface area contributed by atoms with E-state index < -0.39 is 0 Å². The van der Waals surface area contributed by atoms with Gasteiger partial charge >= 0.3 is 0 Å². The van der Waals surface area contributed by atoms with Crippen LogP contribution in [-0.4, -0.2) is 14.2 Å². The lowest BCUT2D eigenvalue weighted by molar-refractivity contribution is 0.185. The molecule has 0 N–H and O–H groups in total. The van der Waals surface area contributed by atoms with E-state index in [9.17, 15) is 0 Å². The second-order valence-electron chi connectivity index (χ2n) is 9.03. The van der Waals surface area contributed by atoms with Crippen molar-refractivity contribution in [3.05, 3.63) is 119 Å². The van der Waals surface area contributed by atoms with Gasteiger partial charge in [0.2, 0.25) is 0 Å². The summed E-state index contributed by atoms with van der Waals surface area (Å²) in [5, 5.41) is 0. The summed E-state index contributed by atoms with van der Waals surface area (Å²) in [6, 6.07) is 32.5. The SMILES string of the molecule is COCc1ccc(Oc2ccc(C(C)(C)c3ccc(Oc4ccc(COC)cc4)cc3)cc2)cc1. The van der Waals surface area contributed by atoms with Crippen LogP contribution in [0.25, 0.3) is 0 Å². The van der Waals surface area contributed by atoms with Crippen LogP contribution in [-0.2, 0) is 28.1 Å². The highest BCUT2D eigenvalue weighted by Crippen LogP contribution is 2.34. The van der Waals surface area contributed by atoms with E-state index >= 15 is 0 Å². The maximum absolute atomic E-state index is 6.01. The maximum atomic E-state index is 6.01. The Morgan fingerprint density at radius 3 is 1.03 bits per heavy atom. The van der Waals surface area contributed by atoms with Gasteiger partial charge in [-0.1, -0.05) is 62.4 Å². The Balaban J connectivity index is 1.41. The summed E-state index contributed by atoms with van der Waals surface area (Å²) in [4.78, 5) is 0. The van der Waals surface area contributed by atoms with Crippen LogP contribution in [0.2, 0.25) is 0 Å². The molecule has 4 nitrogen and oxygen atoms in total. The Hall–Kier alpha value is -3.60. The van der Waals surface area contributed by atoms with Crippen LogP contribution in [0, 0.1) is 0 Å². The third kappa shape index (κ3) is 6.30. The highest BCUT2D eigenvalue weighted by Gasteiger charge is 2.23. The maximum Gasteiger partial charge on any atom is 0.127 e. The lowest BCUT2D eigenvalue weighted by Crippen LogP contribution is -2.18. The Kier molecular flexibility index (Phi) is 7.86. The van der Waals surface area contributed by atoms with Crippen LogP contribution in [0.4, 0.5) is 0 Å². The quantitative estimate of drug-likeness (QED) is 0.237. The molecule has 0 fully saturated rings. The monoisotopic (exact) mass is 468 g/mol. The average Bonchev–Trinajstić information content (AvgIpc) is 2.87. The predicted molar refractivity (Wildman–Crippen MR) is 139 cm³/mol. The first-order valence-electron chi connectivity index (χ1n) is 11.7. The number of hydrogen-bond acceptors (Lipinski definition) is 4. The van der Waals surface area contributed by atoms with E-state index in [0.29, 0.717) is 13.2 Å². The minimum absolute atomic E-state index is 0.166. The van der Waals surface area contributed by atoms with Gasteiger partial charge in [0, 0.05) is 19.6 Å². The average molecular weight is 469 g/mol. The topological polar surface area (TPSA) is 36.9 Å². The summed E-state index contributed by atoms with van der Waals surface area (Å²) in [6.45, 7) is 5.64. The molecule has 4 aromatic rings. The Bertz CT molecular complexity index is 1100. The molecular weight excluding hydrogens is 436 g/mol. The molecule has 4 heteroatoms. The molecule has 0 aliphatic carbocycles. The third-order valence-corrected chi connectivity index (χ3v) is 6.09. The zero-order valence-electron chi connectivity index (χ0n) is 20.8. The molecule has 0 bridgehead atoms. The van der Waals surface area contributed by atoms with Crippen molar-refractivity contribution >= 4 is 0 Å². The molecule has 0 saturated carbocycles. The van der Waals surface area contributed by atoms with E-state index in [2.05, 4.69) is 38.1 Å². The van der Waals surface area contributed by atoms with Gasteiger partial charge in [-0.15, -0.1) is 0 Å². The minimum Gasteiger partial charge on any atom is -0.457 e. The Labute approximate surface area is 208 Å². The third-order valence-electron chi connectivity index (χ3n) is 6.09. The largest absolute Gasteiger partial charge is 0.457 e. The molecule has 0 aliphatic rings. The van der Waals surface area contributed by atoms with E-state index in [4.69, 9.17) is 18.9 Å². The lowest BCUT2D eigenvalue weighted by atomic mass is 9.78. The zero-order chi connectivity index (χ0) is 24.7. The van der Waals surface area contributed by atoms with Crippen LogP contribution in [0.5, 0.6) is 23.0 Å². The van der Waals surface area contributed by atoms with E-state index in [1.54, 1.807) is 14.2 Å². The first-order valence-corrected chi connectivity index (χ1v) is 11.7. The number of hydrogen-bond donors (Lipinski definition) is 0. The number of rotatable bonds is 10. The van der Waals surface area contributed by atoms with Gasteiger partial charge < -0.3 is 18.9 Å². The van der Waals surface area contributed by atoms with E-state index in [1.807, 2.05) is 72.8 Å². The van der Waals surface area contributed by atoms with Crippen molar-refractivity contribution in [3.8, 4) is 23.0 Å². The smallest absolute Gasteiger partial charge is 0.127 e. The van der Waals surface area contributed by atoms with E-state index in [-0.39, 0.29) is 5.41 Å². The van der Waals surface area contributed by atoms with Crippen molar-refractivity contribution in [2.45, 2.75) is 32.5 Å². The molecule has 0 aliphatic heterocycles. The second kappa shape index (κ2) is 11.2. The van der Waals surface area contributed by atoms with Crippen molar-refractivity contribution in [3.63, 3.8) is 0 Å². The van der Waals surface area contributed by atoms with Gasteiger partial charge in [-0.05, 0) is 70.8 Å². The molecule has 180 valence electrons. The summed E-state index contributed by atoms with van der Waals surface area (Å²) in [6.07, 6.45) is 0. The van der Waals surface area contributed by atoms with Gasteiger partial charge in [-0.2, -0.15) is 0 Å². The lowest BCUT2D eigenvalue weighted by Gasteiger charge is -2.26. The fourth-order valence-electron chi connectivity index (χ4n) is 3.96. The second-order valence-corrected chi connectivity index (χ2v) is 9.03. The standard InChI is InChI=1S/C31H32O4/c1-31(2,25-9-17-29(18-10-25)34-27-13-5-23(6-14-27)21-32-3)26-11-19-30(20-12-26)35-28-15-7-24(8-16-28)22-33-4/h5-20H,21-22H2,1-4H3. The fourth-order valence-corrected chi connectivity index (χ4v) is 3.96. The summed E-state index contributed by atoms with van der Waals surface area (Å²) in [7, 11) is 3.39. The fraction of sp³-hybridized carbons (Fsp3) is 0.226. The molecule has 0 unspecified atom stereocenters. The van der Waals surface area contributed by atoms with Crippen molar-refractivity contribution < 1.29 is 18.9 Å². The molecule has 0 atom stereocenters. The zero-order valence-corrected chi connectivity index (χ0v) is 20.8. The van der Waals surface area contributed by atoms with Crippen LogP contribution in [0.15, 0.2) is 97.1 Å². The van der Waals surface area contributed by atoms with Crippen LogP contribution < -0.4 is 9.47 Å². The minimum atomic E-state index is -0.166. The molecule has 0 heterocycles. The predicted octanol–water partition coefficient (Wildman–Crippen LogP) is 7.89. The number of methoxy groups -OCH3 is 2. The Morgan fingerprint density at radius 2 is 0.743 bits per heavy atom. The van der Waals surface area contributed by atoms with E-state index in [1.165, 1.54) is 11.1 Å². The summed E-state index contributed by atoms with van der Waals surface area (Å²) < 4.78 is 22.3. The first-order chi connectivity index (χ1) is 17.0. The molecule has 0 aromatic heterocycles. The summed E-state index contributed by atoms with van der Waals surface area (Å²) >= 11 is 0. The van der Waals surface area contributed by atoms with Gasteiger partial charge in [0.15, 0.2) is 0 Å². The van der Waals surface area contributed by atoms with Gasteiger partial charge in [-0.3, -0.25) is 0 Å². The van der Waals surface area contributed by atoms with Crippen molar-refractivity contribution in [1.29, 1.82) is 0 Å². The highest BCUT2D eigenvalue weighted by molar-refractivity contribution is 5.43. The van der Waals surface area contributed by atoms with Gasteiger partial charge in [0.25, 0.3) is 0 Å². The molecule has 0 amide bonds. The number of benzene rings is 4. The molecule has 0 radical (unpaired) electrons.